The van der Waals surface area contributed by atoms with Gasteiger partial charge in [0.25, 0.3) is 0 Å². The Bertz CT molecular complexity index is 995. The van der Waals surface area contributed by atoms with Gasteiger partial charge in [-0.1, -0.05) is 6.92 Å². The third kappa shape index (κ3) is 7.43. The van der Waals surface area contributed by atoms with Gasteiger partial charge in [0.15, 0.2) is 11.5 Å². The van der Waals surface area contributed by atoms with Gasteiger partial charge in [-0.2, -0.15) is 0 Å². The first-order valence-corrected chi connectivity index (χ1v) is 13.6. The number of aliphatic hydroxyl groups excluding tert-OH is 2. The summed E-state index contributed by atoms with van der Waals surface area (Å²) in [5.74, 6) is 0.0921. The average molecular weight is 630 g/mol. The molecule has 1 saturated heterocycles. The summed E-state index contributed by atoms with van der Waals surface area (Å²) in [6.45, 7) is 2.71. The lowest BCUT2D eigenvalue weighted by Crippen LogP contribution is -2.56. The number of hydrogen-bond acceptors (Lipinski definition) is 8. The maximum Gasteiger partial charge on any atom is 0.247 e. The van der Waals surface area contributed by atoms with Gasteiger partial charge in [-0.05, 0) is 60.1 Å². The molecule has 11 heteroatoms. The summed E-state index contributed by atoms with van der Waals surface area (Å²) in [5.41, 5.74) is 0.747. The average Bonchev–Trinajstić information content (AvgIpc) is 3.41. The van der Waals surface area contributed by atoms with E-state index in [1.54, 1.807) is 17.0 Å². The predicted octanol–water partition coefficient (Wildman–Crippen LogP) is 1.84. The summed E-state index contributed by atoms with van der Waals surface area (Å²) >= 11 is 2.02. The molecule has 3 rings (SSSR count). The number of carbonyl (C=O) groups excluding carboxylic acids is 3. The third-order valence-corrected chi connectivity index (χ3v) is 7.27. The molecule has 37 heavy (non-hydrogen) atoms. The molecule has 1 fully saturated rings. The second-order valence-corrected chi connectivity index (χ2v) is 10.3. The highest BCUT2D eigenvalue weighted by Crippen LogP contribution is 2.37. The normalized spacial score (nSPS) is 23.2. The van der Waals surface area contributed by atoms with E-state index in [0.29, 0.717) is 58.5 Å². The van der Waals surface area contributed by atoms with Crippen LogP contribution in [0.3, 0.4) is 0 Å². The van der Waals surface area contributed by atoms with E-state index in [1.165, 1.54) is 13.2 Å². The maximum atomic E-state index is 13.2. The molecule has 10 nitrogen and oxygen atoms in total. The maximum absolute atomic E-state index is 13.2. The van der Waals surface area contributed by atoms with Gasteiger partial charge in [-0.3, -0.25) is 14.4 Å². The number of halogens is 1. The quantitative estimate of drug-likeness (QED) is 0.236. The number of amides is 2. The molecule has 0 spiro atoms. The van der Waals surface area contributed by atoms with Gasteiger partial charge in [0.2, 0.25) is 11.8 Å². The molecular formula is C26H35IN2O8. The van der Waals surface area contributed by atoms with Crippen molar-refractivity contribution in [2.75, 3.05) is 33.4 Å². The van der Waals surface area contributed by atoms with Crippen molar-refractivity contribution in [2.24, 2.45) is 0 Å². The summed E-state index contributed by atoms with van der Waals surface area (Å²) in [6, 6.07) is 2.43. The number of rotatable bonds is 12. The minimum Gasteiger partial charge on any atom is -0.493 e. The minimum atomic E-state index is -1.15. The van der Waals surface area contributed by atoms with Crippen molar-refractivity contribution in [1.82, 2.24) is 10.2 Å². The smallest absolute Gasteiger partial charge is 0.247 e. The fourth-order valence-corrected chi connectivity index (χ4v) is 5.38. The van der Waals surface area contributed by atoms with Crippen molar-refractivity contribution in [3.63, 3.8) is 0 Å². The highest BCUT2D eigenvalue weighted by atomic mass is 127. The Balaban J connectivity index is 1.98. The Morgan fingerprint density at radius 2 is 2.14 bits per heavy atom. The van der Waals surface area contributed by atoms with Crippen LogP contribution in [-0.4, -0.2) is 91.0 Å². The first kappa shape index (κ1) is 29.3. The van der Waals surface area contributed by atoms with E-state index in [1.807, 2.05) is 29.5 Å². The largest absolute Gasteiger partial charge is 0.493 e. The predicted molar refractivity (Wildman–Crippen MR) is 144 cm³/mol. The molecule has 2 amide bonds. The Morgan fingerprint density at radius 1 is 1.35 bits per heavy atom. The van der Waals surface area contributed by atoms with Gasteiger partial charge in [-0.25, -0.2) is 0 Å². The van der Waals surface area contributed by atoms with E-state index in [9.17, 15) is 19.5 Å². The van der Waals surface area contributed by atoms with Crippen LogP contribution >= 0.6 is 22.6 Å². The molecule has 0 radical (unpaired) electrons. The monoisotopic (exact) mass is 630 g/mol. The molecule has 0 unspecified atom stereocenters. The molecule has 1 aromatic carbocycles. The zero-order valence-electron chi connectivity index (χ0n) is 21.2. The van der Waals surface area contributed by atoms with Crippen LogP contribution in [0.1, 0.15) is 49.4 Å². The van der Waals surface area contributed by atoms with Gasteiger partial charge in [-0.15, -0.1) is 0 Å². The highest BCUT2D eigenvalue weighted by molar-refractivity contribution is 14.1. The van der Waals surface area contributed by atoms with Gasteiger partial charge in [0.1, 0.15) is 18.5 Å². The zero-order valence-corrected chi connectivity index (χ0v) is 23.3. The number of carbonyl (C=O) groups is 3. The van der Waals surface area contributed by atoms with Crippen molar-refractivity contribution < 1.29 is 38.8 Å². The van der Waals surface area contributed by atoms with Crippen molar-refractivity contribution in [3.8, 4) is 11.5 Å². The van der Waals surface area contributed by atoms with Gasteiger partial charge in [0, 0.05) is 43.7 Å². The fourth-order valence-electron chi connectivity index (χ4n) is 4.63. The lowest BCUT2D eigenvalue weighted by atomic mass is 9.87. The van der Waals surface area contributed by atoms with E-state index < -0.39 is 24.2 Å². The Kier molecular flexibility index (Phi) is 11.2. The summed E-state index contributed by atoms with van der Waals surface area (Å²) < 4.78 is 18.0. The van der Waals surface area contributed by atoms with Gasteiger partial charge in [0.05, 0.1) is 29.4 Å². The second-order valence-electron chi connectivity index (χ2n) is 9.10. The third-order valence-electron chi connectivity index (χ3n) is 6.46. The molecule has 0 bridgehead atoms. The van der Waals surface area contributed by atoms with Crippen molar-refractivity contribution >= 4 is 40.7 Å². The molecule has 204 valence electrons. The number of nitrogens with zero attached hydrogens (tertiary/aromatic N) is 1. The fraction of sp³-hybridized carbons (Fsp3) is 0.577. The van der Waals surface area contributed by atoms with E-state index in [-0.39, 0.29) is 31.6 Å². The summed E-state index contributed by atoms with van der Waals surface area (Å²) in [4.78, 5) is 39.1. The molecule has 1 aliphatic heterocycles. The van der Waals surface area contributed by atoms with E-state index in [4.69, 9.17) is 19.3 Å². The van der Waals surface area contributed by atoms with Crippen molar-refractivity contribution in [3.05, 3.63) is 32.9 Å². The van der Waals surface area contributed by atoms with E-state index in [0.717, 1.165) is 12.8 Å². The summed E-state index contributed by atoms with van der Waals surface area (Å²) in [5, 5.41) is 23.3. The zero-order chi connectivity index (χ0) is 26.9. The summed E-state index contributed by atoms with van der Waals surface area (Å²) in [7, 11) is 1.45. The van der Waals surface area contributed by atoms with Crippen LogP contribution in [0, 0.1) is 3.57 Å². The first-order valence-electron chi connectivity index (χ1n) is 12.5. The molecule has 3 N–H and O–H groups in total. The second kappa shape index (κ2) is 14.1. The standard InChI is InChI=1S/C26H35IN2O8/c1-3-5-23(32)29(14-18-6-4-9-36-18)20-12-17(26(34)28-7-8-30)13-21(24(20)33)37-25-19(27)10-16(15-31)11-22(25)35-2/h10-11,13,15,18,20-21,24,30,33H,3-9,12,14H2,1-2H3,(H,28,34)/t18-,20-,21+,24+/m1/s1. The number of benzene rings is 1. The number of nitrogens with one attached hydrogen (secondary N) is 1. The lowest BCUT2D eigenvalue weighted by molar-refractivity contribution is -0.140. The molecule has 2 aliphatic rings. The topological polar surface area (TPSA) is 135 Å². The highest BCUT2D eigenvalue weighted by Gasteiger charge is 2.41. The minimum absolute atomic E-state index is 0.0716. The molecule has 0 aromatic heterocycles. The van der Waals surface area contributed by atoms with E-state index >= 15 is 0 Å². The van der Waals surface area contributed by atoms with Crippen LogP contribution in [0.25, 0.3) is 0 Å². The van der Waals surface area contributed by atoms with Crippen LogP contribution in [0.4, 0.5) is 0 Å². The van der Waals surface area contributed by atoms with Crippen LogP contribution < -0.4 is 14.8 Å². The number of methoxy groups -OCH3 is 1. The molecule has 1 aliphatic carbocycles. The SMILES string of the molecule is CCCC(=O)N(C[C@H]1CCCO1)[C@@H]1CC(C(=O)NCCO)=C[C@H](Oc2c(I)cc(C=O)cc2OC)[C@H]1O. The van der Waals surface area contributed by atoms with Crippen LogP contribution in [0.2, 0.25) is 0 Å². The van der Waals surface area contributed by atoms with E-state index in [2.05, 4.69) is 5.32 Å². The Labute approximate surface area is 230 Å². The molecular weight excluding hydrogens is 595 g/mol. The van der Waals surface area contributed by atoms with Crippen molar-refractivity contribution in [2.45, 2.75) is 63.4 Å². The van der Waals surface area contributed by atoms with Crippen molar-refractivity contribution in [1.29, 1.82) is 0 Å². The molecule has 0 saturated carbocycles. The Hall–Kier alpha value is -2.22. The molecule has 4 atom stereocenters. The first-order chi connectivity index (χ1) is 17.8. The summed E-state index contributed by atoms with van der Waals surface area (Å²) in [6.07, 6.45) is 2.76. The van der Waals surface area contributed by atoms with Gasteiger partial charge >= 0.3 is 0 Å². The van der Waals surface area contributed by atoms with Crippen LogP contribution in [0.5, 0.6) is 11.5 Å². The number of ether oxygens (including phenoxy) is 3. The van der Waals surface area contributed by atoms with Gasteiger partial charge < -0.3 is 34.6 Å². The number of hydrogen-bond donors (Lipinski definition) is 3. The van der Waals surface area contributed by atoms with Crippen LogP contribution in [0.15, 0.2) is 23.8 Å². The Morgan fingerprint density at radius 3 is 2.76 bits per heavy atom. The number of aldehydes is 1. The van der Waals surface area contributed by atoms with Crippen LogP contribution in [-0.2, 0) is 14.3 Å². The molecule has 1 aromatic rings. The number of aliphatic hydroxyl groups is 2. The molecule has 1 heterocycles. The lowest BCUT2D eigenvalue weighted by Gasteiger charge is -2.41.